The highest BCUT2D eigenvalue weighted by atomic mass is 19.1. The van der Waals surface area contributed by atoms with E-state index in [9.17, 15) is 4.39 Å². The molecular formula is C16H18FNO. The fourth-order valence-corrected chi connectivity index (χ4v) is 1.87. The van der Waals surface area contributed by atoms with Crippen molar-refractivity contribution in [3.05, 3.63) is 65.0 Å². The Labute approximate surface area is 113 Å². The minimum atomic E-state index is -0.263. The maximum atomic E-state index is 12.8. The predicted molar refractivity (Wildman–Crippen MR) is 74.7 cm³/mol. The molecule has 100 valence electrons. The van der Waals surface area contributed by atoms with Gasteiger partial charge in [0.05, 0.1) is 6.04 Å². The van der Waals surface area contributed by atoms with E-state index in [0.29, 0.717) is 6.61 Å². The van der Waals surface area contributed by atoms with E-state index in [1.54, 1.807) is 12.1 Å². The van der Waals surface area contributed by atoms with Crippen LogP contribution in [0.2, 0.25) is 0 Å². The van der Waals surface area contributed by atoms with Gasteiger partial charge in [-0.3, -0.25) is 0 Å². The molecule has 0 aliphatic carbocycles. The molecule has 0 aliphatic rings. The lowest BCUT2D eigenvalue weighted by molar-refractivity contribution is 0.288. The molecule has 0 heterocycles. The molecular weight excluding hydrogens is 241 g/mol. The zero-order chi connectivity index (χ0) is 13.8. The number of benzene rings is 2. The van der Waals surface area contributed by atoms with E-state index in [2.05, 4.69) is 0 Å². The first kappa shape index (κ1) is 13.6. The summed E-state index contributed by atoms with van der Waals surface area (Å²) in [6.07, 6.45) is 0. The van der Waals surface area contributed by atoms with Crippen molar-refractivity contribution in [2.24, 2.45) is 5.73 Å². The van der Waals surface area contributed by atoms with Gasteiger partial charge in [0, 0.05) is 0 Å². The Balaban J connectivity index is 2.02. The third-order valence-corrected chi connectivity index (χ3v) is 3.27. The van der Waals surface area contributed by atoms with Crippen LogP contribution < -0.4 is 10.5 Å². The molecule has 0 saturated heterocycles. The molecule has 0 fully saturated rings. The van der Waals surface area contributed by atoms with Crippen molar-refractivity contribution in [1.82, 2.24) is 0 Å². The Kier molecular flexibility index (Phi) is 4.17. The van der Waals surface area contributed by atoms with Gasteiger partial charge in [-0.25, -0.2) is 4.39 Å². The van der Waals surface area contributed by atoms with Gasteiger partial charge >= 0.3 is 0 Å². The maximum absolute atomic E-state index is 12.8. The minimum Gasteiger partial charge on any atom is -0.491 e. The molecule has 0 saturated carbocycles. The third kappa shape index (κ3) is 3.32. The van der Waals surface area contributed by atoms with Crippen LogP contribution in [-0.2, 0) is 0 Å². The van der Waals surface area contributed by atoms with Gasteiger partial charge in [0.1, 0.15) is 18.2 Å². The number of aryl methyl sites for hydroxylation is 1. The topological polar surface area (TPSA) is 35.2 Å². The van der Waals surface area contributed by atoms with Crippen molar-refractivity contribution >= 4 is 0 Å². The maximum Gasteiger partial charge on any atom is 0.123 e. The van der Waals surface area contributed by atoms with E-state index in [1.165, 1.54) is 17.7 Å². The Bertz CT molecular complexity index is 551. The van der Waals surface area contributed by atoms with E-state index < -0.39 is 0 Å². The summed E-state index contributed by atoms with van der Waals surface area (Å²) >= 11 is 0. The standard InChI is InChI=1S/C16H18FNO/c1-11-4-3-5-16(12(11)2)19-10-15(18)13-6-8-14(17)9-7-13/h3-9,15H,10,18H2,1-2H3. The zero-order valence-corrected chi connectivity index (χ0v) is 11.2. The average Bonchev–Trinajstić information content (AvgIpc) is 2.41. The molecule has 0 amide bonds. The second-order valence-electron chi connectivity index (χ2n) is 4.67. The fraction of sp³-hybridized carbons (Fsp3) is 0.250. The van der Waals surface area contributed by atoms with E-state index in [4.69, 9.17) is 10.5 Å². The summed E-state index contributed by atoms with van der Waals surface area (Å²) in [5.74, 6) is 0.587. The van der Waals surface area contributed by atoms with Crippen LogP contribution in [0.25, 0.3) is 0 Å². The molecule has 0 spiro atoms. The lowest BCUT2D eigenvalue weighted by Gasteiger charge is -2.15. The average molecular weight is 259 g/mol. The van der Waals surface area contributed by atoms with E-state index >= 15 is 0 Å². The number of hydrogen-bond donors (Lipinski definition) is 1. The Morgan fingerprint density at radius 2 is 1.79 bits per heavy atom. The fourth-order valence-electron chi connectivity index (χ4n) is 1.87. The van der Waals surface area contributed by atoms with Gasteiger partial charge in [0.2, 0.25) is 0 Å². The van der Waals surface area contributed by atoms with Gasteiger partial charge in [-0.1, -0.05) is 24.3 Å². The highest BCUT2D eigenvalue weighted by Gasteiger charge is 2.08. The van der Waals surface area contributed by atoms with Crippen LogP contribution in [0.15, 0.2) is 42.5 Å². The van der Waals surface area contributed by atoms with E-state index in [1.807, 2.05) is 32.0 Å². The molecule has 1 atom stereocenters. The molecule has 1 unspecified atom stereocenters. The highest BCUT2D eigenvalue weighted by Crippen LogP contribution is 2.22. The van der Waals surface area contributed by atoms with Crippen molar-refractivity contribution in [3.63, 3.8) is 0 Å². The van der Waals surface area contributed by atoms with E-state index in [0.717, 1.165) is 16.9 Å². The highest BCUT2D eigenvalue weighted by molar-refractivity contribution is 5.38. The van der Waals surface area contributed by atoms with Gasteiger partial charge in [-0.05, 0) is 48.7 Å². The lowest BCUT2D eigenvalue weighted by Crippen LogP contribution is -2.19. The number of hydrogen-bond acceptors (Lipinski definition) is 2. The van der Waals surface area contributed by atoms with Crippen molar-refractivity contribution in [2.45, 2.75) is 19.9 Å². The molecule has 2 aromatic carbocycles. The Morgan fingerprint density at radius 1 is 1.11 bits per heavy atom. The quantitative estimate of drug-likeness (QED) is 0.911. The molecule has 2 aromatic rings. The molecule has 0 aliphatic heterocycles. The zero-order valence-electron chi connectivity index (χ0n) is 11.2. The molecule has 0 aromatic heterocycles. The number of nitrogens with two attached hydrogens (primary N) is 1. The summed E-state index contributed by atoms with van der Waals surface area (Å²) in [5, 5.41) is 0. The van der Waals surface area contributed by atoms with Crippen LogP contribution in [0, 0.1) is 19.7 Å². The van der Waals surface area contributed by atoms with Crippen molar-refractivity contribution in [3.8, 4) is 5.75 Å². The lowest BCUT2D eigenvalue weighted by atomic mass is 10.1. The molecule has 19 heavy (non-hydrogen) atoms. The van der Waals surface area contributed by atoms with E-state index in [-0.39, 0.29) is 11.9 Å². The summed E-state index contributed by atoms with van der Waals surface area (Å²) in [6.45, 7) is 4.44. The number of rotatable bonds is 4. The van der Waals surface area contributed by atoms with Crippen LogP contribution in [0.1, 0.15) is 22.7 Å². The largest absolute Gasteiger partial charge is 0.491 e. The van der Waals surface area contributed by atoms with Crippen LogP contribution in [-0.4, -0.2) is 6.61 Å². The van der Waals surface area contributed by atoms with Gasteiger partial charge in [0.25, 0.3) is 0 Å². The van der Waals surface area contributed by atoms with Crippen molar-refractivity contribution in [1.29, 1.82) is 0 Å². The Hall–Kier alpha value is -1.87. The van der Waals surface area contributed by atoms with Crippen LogP contribution in [0.4, 0.5) is 4.39 Å². The molecule has 0 radical (unpaired) electrons. The smallest absolute Gasteiger partial charge is 0.123 e. The SMILES string of the molecule is Cc1cccc(OCC(N)c2ccc(F)cc2)c1C. The number of halogens is 1. The molecule has 2 rings (SSSR count). The molecule has 2 nitrogen and oxygen atoms in total. The Morgan fingerprint density at radius 3 is 2.47 bits per heavy atom. The summed E-state index contributed by atoms with van der Waals surface area (Å²) < 4.78 is 18.6. The number of ether oxygens (including phenoxy) is 1. The summed E-state index contributed by atoms with van der Waals surface area (Å²) in [4.78, 5) is 0. The van der Waals surface area contributed by atoms with Crippen molar-refractivity contribution < 1.29 is 9.13 Å². The normalized spacial score (nSPS) is 12.2. The minimum absolute atomic E-state index is 0.258. The predicted octanol–water partition coefficient (Wildman–Crippen LogP) is 3.52. The van der Waals surface area contributed by atoms with Gasteiger partial charge < -0.3 is 10.5 Å². The summed E-state index contributed by atoms with van der Waals surface area (Å²) in [7, 11) is 0. The first-order valence-corrected chi connectivity index (χ1v) is 6.28. The monoisotopic (exact) mass is 259 g/mol. The second-order valence-corrected chi connectivity index (χ2v) is 4.67. The first-order valence-electron chi connectivity index (χ1n) is 6.28. The summed E-state index contributed by atoms with van der Waals surface area (Å²) in [5.41, 5.74) is 9.21. The van der Waals surface area contributed by atoms with Crippen LogP contribution in [0.5, 0.6) is 5.75 Å². The molecule has 2 N–H and O–H groups in total. The summed E-state index contributed by atoms with van der Waals surface area (Å²) in [6, 6.07) is 11.9. The first-order chi connectivity index (χ1) is 9.08. The van der Waals surface area contributed by atoms with Crippen molar-refractivity contribution in [2.75, 3.05) is 6.61 Å². The molecule has 3 heteroatoms. The van der Waals surface area contributed by atoms with Gasteiger partial charge in [0.15, 0.2) is 0 Å². The third-order valence-electron chi connectivity index (χ3n) is 3.27. The van der Waals surface area contributed by atoms with Crippen LogP contribution in [0.3, 0.4) is 0 Å². The van der Waals surface area contributed by atoms with Gasteiger partial charge in [-0.15, -0.1) is 0 Å². The van der Waals surface area contributed by atoms with Crippen LogP contribution >= 0.6 is 0 Å². The molecule has 0 bridgehead atoms. The second kappa shape index (κ2) is 5.85. The van der Waals surface area contributed by atoms with Gasteiger partial charge in [-0.2, -0.15) is 0 Å².